The maximum atomic E-state index is 3.55. The van der Waals surface area contributed by atoms with Crippen molar-refractivity contribution < 1.29 is 0 Å². The Morgan fingerprint density at radius 3 is 1.79 bits per heavy atom. The number of hydrogen-bond donors (Lipinski definition) is 1. The second-order valence-corrected chi connectivity index (χ2v) is 12.4. The lowest BCUT2D eigenvalue weighted by Gasteiger charge is -2.50. The van der Waals surface area contributed by atoms with Crippen molar-refractivity contribution in [2.45, 2.75) is 98.1 Å². The summed E-state index contributed by atoms with van der Waals surface area (Å²) in [7, 11) is 0. The Bertz CT molecular complexity index is 490. The zero-order chi connectivity index (χ0) is 20.6. The predicted octanol–water partition coefficient (Wildman–Crippen LogP) is 5.01. The van der Waals surface area contributed by atoms with Crippen molar-refractivity contribution in [2.75, 3.05) is 39.3 Å². The number of nitrogens with one attached hydrogen (secondary N) is 1. The van der Waals surface area contributed by atoms with Gasteiger partial charge in [-0.2, -0.15) is 0 Å². The van der Waals surface area contributed by atoms with Crippen LogP contribution in [0.3, 0.4) is 0 Å². The molecule has 1 atom stereocenters. The van der Waals surface area contributed by atoms with Gasteiger partial charge >= 0.3 is 0 Å². The molecule has 3 fully saturated rings. The molecule has 3 nitrogen and oxygen atoms in total. The van der Waals surface area contributed by atoms with Crippen LogP contribution in [0.25, 0.3) is 0 Å². The van der Waals surface area contributed by atoms with Crippen molar-refractivity contribution in [2.24, 2.45) is 23.2 Å². The van der Waals surface area contributed by atoms with Crippen LogP contribution in [-0.4, -0.2) is 60.1 Å². The molecule has 0 bridgehead atoms. The SMILES string of the molecule is CC(C)(C1CCNCC1)C1CCN(C(C)(C)CC2CCN(C(C)(C)C)C2)CC1. The van der Waals surface area contributed by atoms with E-state index in [2.05, 4.69) is 63.6 Å². The number of nitrogens with zero attached hydrogens (tertiary/aromatic N) is 2. The second kappa shape index (κ2) is 8.55. The molecule has 0 aromatic carbocycles. The molecule has 0 aromatic rings. The number of hydrogen-bond acceptors (Lipinski definition) is 3. The summed E-state index contributed by atoms with van der Waals surface area (Å²) in [5.41, 5.74) is 1.19. The van der Waals surface area contributed by atoms with Crippen molar-refractivity contribution in [3.05, 3.63) is 0 Å². The minimum atomic E-state index is 0.331. The number of piperidine rings is 2. The van der Waals surface area contributed by atoms with Gasteiger partial charge in [-0.1, -0.05) is 13.8 Å². The minimum absolute atomic E-state index is 0.331. The average molecular weight is 392 g/mol. The lowest BCUT2D eigenvalue weighted by atomic mass is 9.63. The van der Waals surface area contributed by atoms with Crippen LogP contribution in [0, 0.1) is 23.2 Å². The standard InChI is InChI=1S/C25H49N3/c1-23(2,3)28-15-10-20(19-28)18-24(4,5)27-16-11-22(12-17-27)25(6,7)21-8-13-26-14-9-21/h20-22,26H,8-19H2,1-7H3. The molecule has 0 aliphatic carbocycles. The molecule has 3 rings (SSSR count). The summed E-state index contributed by atoms with van der Waals surface area (Å²) in [6, 6.07) is 0. The molecule has 3 heteroatoms. The van der Waals surface area contributed by atoms with Gasteiger partial charge in [-0.25, -0.2) is 0 Å². The number of likely N-dealkylation sites (tertiary alicyclic amines) is 2. The van der Waals surface area contributed by atoms with E-state index in [1.165, 1.54) is 77.8 Å². The summed E-state index contributed by atoms with van der Waals surface area (Å²) >= 11 is 0. The summed E-state index contributed by atoms with van der Waals surface area (Å²) in [6.45, 7) is 25.0. The maximum absolute atomic E-state index is 3.55. The smallest absolute Gasteiger partial charge is 0.0156 e. The van der Waals surface area contributed by atoms with Gasteiger partial charge in [0.15, 0.2) is 0 Å². The molecule has 3 aliphatic heterocycles. The first-order valence-corrected chi connectivity index (χ1v) is 12.2. The Balaban J connectivity index is 1.51. The summed E-state index contributed by atoms with van der Waals surface area (Å²) in [4.78, 5) is 5.53. The summed E-state index contributed by atoms with van der Waals surface area (Å²) in [6.07, 6.45) is 8.31. The fraction of sp³-hybridized carbons (Fsp3) is 1.00. The highest BCUT2D eigenvalue weighted by molar-refractivity contribution is 4.95. The van der Waals surface area contributed by atoms with Gasteiger partial charge in [0.05, 0.1) is 0 Å². The largest absolute Gasteiger partial charge is 0.317 e. The molecule has 0 radical (unpaired) electrons. The highest BCUT2D eigenvalue weighted by atomic mass is 15.2. The van der Waals surface area contributed by atoms with E-state index in [1.54, 1.807) is 0 Å². The molecule has 0 spiro atoms. The summed E-state index contributed by atoms with van der Waals surface area (Å²) < 4.78 is 0. The minimum Gasteiger partial charge on any atom is -0.317 e. The van der Waals surface area contributed by atoms with Crippen LogP contribution in [-0.2, 0) is 0 Å². The van der Waals surface area contributed by atoms with E-state index in [0.717, 1.165) is 17.8 Å². The van der Waals surface area contributed by atoms with Crippen molar-refractivity contribution in [1.82, 2.24) is 15.1 Å². The molecule has 0 saturated carbocycles. The first-order valence-electron chi connectivity index (χ1n) is 12.2. The third kappa shape index (κ3) is 5.13. The van der Waals surface area contributed by atoms with Crippen LogP contribution in [0.15, 0.2) is 0 Å². The van der Waals surface area contributed by atoms with Gasteiger partial charge in [-0.15, -0.1) is 0 Å². The van der Waals surface area contributed by atoms with E-state index >= 15 is 0 Å². The Hall–Kier alpha value is -0.120. The van der Waals surface area contributed by atoms with Gasteiger partial charge in [-0.05, 0) is 129 Å². The van der Waals surface area contributed by atoms with Crippen LogP contribution < -0.4 is 5.32 Å². The monoisotopic (exact) mass is 391 g/mol. The van der Waals surface area contributed by atoms with Crippen molar-refractivity contribution in [3.8, 4) is 0 Å². The van der Waals surface area contributed by atoms with Crippen molar-refractivity contribution in [1.29, 1.82) is 0 Å². The molecule has 3 aliphatic rings. The molecular weight excluding hydrogens is 342 g/mol. The third-order valence-corrected chi connectivity index (χ3v) is 8.82. The van der Waals surface area contributed by atoms with E-state index in [9.17, 15) is 0 Å². The van der Waals surface area contributed by atoms with Crippen LogP contribution in [0.4, 0.5) is 0 Å². The van der Waals surface area contributed by atoms with E-state index in [0.29, 0.717) is 16.5 Å². The second-order valence-electron chi connectivity index (χ2n) is 12.4. The highest BCUT2D eigenvalue weighted by Gasteiger charge is 2.42. The van der Waals surface area contributed by atoms with Crippen molar-refractivity contribution in [3.63, 3.8) is 0 Å². The molecule has 0 amide bonds. The Kier molecular flexibility index (Phi) is 6.89. The summed E-state index contributed by atoms with van der Waals surface area (Å²) in [5.74, 6) is 2.70. The maximum Gasteiger partial charge on any atom is 0.0156 e. The molecular formula is C25H49N3. The molecule has 3 saturated heterocycles. The average Bonchev–Trinajstić information content (AvgIpc) is 3.11. The molecule has 28 heavy (non-hydrogen) atoms. The fourth-order valence-corrected chi connectivity index (χ4v) is 6.57. The van der Waals surface area contributed by atoms with Gasteiger partial charge in [0.1, 0.15) is 0 Å². The van der Waals surface area contributed by atoms with E-state index in [-0.39, 0.29) is 0 Å². The van der Waals surface area contributed by atoms with Crippen molar-refractivity contribution >= 4 is 0 Å². The zero-order valence-electron chi connectivity index (χ0n) is 20.1. The Morgan fingerprint density at radius 2 is 1.25 bits per heavy atom. The first-order chi connectivity index (χ1) is 13.0. The molecule has 164 valence electrons. The van der Waals surface area contributed by atoms with Crippen LogP contribution in [0.1, 0.15) is 87.0 Å². The normalized spacial score (nSPS) is 28.2. The lowest BCUT2D eigenvalue weighted by molar-refractivity contribution is 0.000148. The molecule has 1 N–H and O–H groups in total. The third-order valence-electron chi connectivity index (χ3n) is 8.82. The Labute approximate surface area is 176 Å². The predicted molar refractivity (Wildman–Crippen MR) is 122 cm³/mol. The van der Waals surface area contributed by atoms with E-state index < -0.39 is 0 Å². The van der Waals surface area contributed by atoms with Crippen LogP contribution in [0.5, 0.6) is 0 Å². The lowest BCUT2D eigenvalue weighted by Crippen LogP contribution is -2.52. The fourth-order valence-electron chi connectivity index (χ4n) is 6.57. The number of rotatable bonds is 5. The van der Waals surface area contributed by atoms with Crippen LogP contribution >= 0.6 is 0 Å². The van der Waals surface area contributed by atoms with Gasteiger partial charge in [-0.3, -0.25) is 9.80 Å². The zero-order valence-corrected chi connectivity index (χ0v) is 20.1. The molecule has 1 unspecified atom stereocenters. The van der Waals surface area contributed by atoms with Crippen LogP contribution in [0.2, 0.25) is 0 Å². The molecule has 0 aromatic heterocycles. The first kappa shape index (κ1) is 22.6. The van der Waals surface area contributed by atoms with Gasteiger partial charge < -0.3 is 5.32 Å². The Morgan fingerprint density at radius 1 is 0.714 bits per heavy atom. The van der Waals surface area contributed by atoms with E-state index in [1.807, 2.05) is 0 Å². The highest BCUT2D eigenvalue weighted by Crippen LogP contribution is 2.45. The van der Waals surface area contributed by atoms with Gasteiger partial charge in [0.2, 0.25) is 0 Å². The van der Waals surface area contributed by atoms with E-state index in [4.69, 9.17) is 0 Å². The quantitative estimate of drug-likeness (QED) is 0.710. The topological polar surface area (TPSA) is 18.5 Å². The van der Waals surface area contributed by atoms with Gasteiger partial charge in [0.25, 0.3) is 0 Å². The summed E-state index contributed by atoms with van der Waals surface area (Å²) in [5, 5.41) is 3.55. The molecule has 3 heterocycles. The van der Waals surface area contributed by atoms with Gasteiger partial charge in [0, 0.05) is 17.6 Å².